The van der Waals surface area contributed by atoms with Crippen LogP contribution < -0.4 is 11.2 Å². The fraction of sp³-hybridized carbons (Fsp3) is 0.0870. The first kappa shape index (κ1) is 19.6. The highest BCUT2D eigenvalue weighted by Crippen LogP contribution is 2.28. The minimum absolute atomic E-state index is 0.0294. The lowest BCUT2D eigenvalue weighted by molar-refractivity contribution is 0.473. The van der Waals surface area contributed by atoms with Crippen molar-refractivity contribution >= 4 is 44.3 Å². The second-order valence-corrected chi connectivity index (χ2v) is 8.82. The Hall–Kier alpha value is -3.36. The molecule has 31 heavy (non-hydrogen) atoms. The maximum Gasteiger partial charge on any atom is 0.336 e. The molecule has 0 unspecified atom stereocenters. The topological polar surface area (TPSA) is 85.3 Å². The Kier molecular flexibility index (Phi) is 5.09. The van der Waals surface area contributed by atoms with Crippen LogP contribution in [0, 0.1) is 0 Å². The van der Waals surface area contributed by atoms with Crippen molar-refractivity contribution in [3.63, 3.8) is 0 Å². The third-order valence-corrected chi connectivity index (χ3v) is 6.80. The van der Waals surface area contributed by atoms with E-state index < -0.39 is 5.63 Å². The third kappa shape index (κ3) is 3.87. The summed E-state index contributed by atoms with van der Waals surface area (Å²) in [6.07, 6.45) is 0. The first-order valence-corrected chi connectivity index (χ1v) is 11.4. The van der Waals surface area contributed by atoms with E-state index in [0.717, 1.165) is 16.5 Å². The summed E-state index contributed by atoms with van der Waals surface area (Å²) >= 11 is 2.78. The van der Waals surface area contributed by atoms with Crippen LogP contribution >= 0.6 is 23.1 Å². The molecule has 1 N–H and O–H groups in total. The zero-order valence-electron chi connectivity index (χ0n) is 16.1. The summed E-state index contributed by atoms with van der Waals surface area (Å²) in [4.78, 5) is 29.9. The average Bonchev–Trinajstić information content (AvgIpc) is 3.23. The molecule has 5 aromatic rings. The molecule has 0 atom stereocenters. The van der Waals surface area contributed by atoms with Crippen LogP contribution in [0.15, 0.2) is 85.2 Å². The van der Waals surface area contributed by atoms with E-state index in [1.165, 1.54) is 35.2 Å². The number of nitrogens with zero attached hydrogens (tertiary/aromatic N) is 2. The van der Waals surface area contributed by atoms with Gasteiger partial charge in [0.2, 0.25) is 0 Å². The van der Waals surface area contributed by atoms with E-state index in [4.69, 9.17) is 9.40 Å². The van der Waals surface area contributed by atoms with Crippen LogP contribution in [-0.4, -0.2) is 14.7 Å². The average molecular weight is 449 g/mol. The Morgan fingerprint density at radius 3 is 2.74 bits per heavy atom. The van der Waals surface area contributed by atoms with Crippen LogP contribution in [-0.2, 0) is 12.3 Å². The first-order chi connectivity index (χ1) is 15.1. The zero-order chi connectivity index (χ0) is 21.4. The van der Waals surface area contributed by atoms with E-state index in [1.54, 1.807) is 16.7 Å². The normalized spacial score (nSPS) is 11.4. The Labute approximate surface area is 184 Å². The number of aromatic nitrogens is 2. The van der Waals surface area contributed by atoms with E-state index in [0.29, 0.717) is 33.3 Å². The number of hydrogen-bond acceptors (Lipinski definition) is 7. The van der Waals surface area contributed by atoms with Gasteiger partial charge in [-0.2, -0.15) is 0 Å². The number of thioether (sulfide) groups is 1. The van der Waals surface area contributed by atoms with Crippen molar-refractivity contribution in [3.8, 4) is 5.75 Å². The summed E-state index contributed by atoms with van der Waals surface area (Å²) < 4.78 is 7.52. The van der Waals surface area contributed by atoms with Gasteiger partial charge in [-0.15, -0.1) is 11.3 Å². The van der Waals surface area contributed by atoms with Crippen molar-refractivity contribution in [2.45, 2.75) is 17.5 Å². The molecule has 6 nitrogen and oxygen atoms in total. The maximum absolute atomic E-state index is 13.2. The summed E-state index contributed by atoms with van der Waals surface area (Å²) in [5.41, 5.74) is 2.19. The van der Waals surface area contributed by atoms with E-state index in [2.05, 4.69) is 0 Å². The van der Waals surface area contributed by atoms with E-state index in [9.17, 15) is 14.7 Å². The van der Waals surface area contributed by atoms with Crippen LogP contribution in [0.2, 0.25) is 0 Å². The molecule has 0 amide bonds. The Bertz CT molecular complexity index is 1520. The molecule has 0 aliphatic heterocycles. The van der Waals surface area contributed by atoms with Crippen LogP contribution in [0.3, 0.4) is 0 Å². The van der Waals surface area contributed by atoms with Crippen LogP contribution in [0.25, 0.3) is 21.2 Å². The lowest BCUT2D eigenvalue weighted by Gasteiger charge is -2.12. The smallest absolute Gasteiger partial charge is 0.336 e. The number of fused-ring (bicyclic) bond motifs is 2. The molecular weight excluding hydrogens is 432 g/mol. The molecule has 0 saturated heterocycles. The standard InChI is InChI=1S/C23H16N2O4S2/c26-16-6-7-17-15(10-20(27)29-19(17)11-16)13-31-23-24-18-8-9-30-21(18)22(28)25(23)12-14-4-2-1-3-5-14/h1-11,26H,12-13H2. The lowest BCUT2D eigenvalue weighted by atomic mass is 10.1. The molecular formula is C23H16N2O4S2. The lowest BCUT2D eigenvalue weighted by Crippen LogP contribution is -2.23. The molecule has 154 valence electrons. The summed E-state index contributed by atoms with van der Waals surface area (Å²) in [5.74, 6) is 0.450. The molecule has 0 saturated carbocycles. The fourth-order valence-corrected chi connectivity index (χ4v) is 5.19. The number of benzene rings is 2. The number of aromatic hydroxyl groups is 1. The summed E-state index contributed by atoms with van der Waals surface area (Å²) in [5, 5.41) is 12.9. The molecule has 3 heterocycles. The first-order valence-electron chi connectivity index (χ1n) is 9.49. The number of phenolic OH excluding ortho intramolecular Hbond substituents is 1. The molecule has 2 aromatic carbocycles. The van der Waals surface area contributed by atoms with Crippen molar-refractivity contribution < 1.29 is 9.52 Å². The van der Waals surface area contributed by atoms with Crippen LogP contribution in [0.5, 0.6) is 5.75 Å². The van der Waals surface area contributed by atoms with E-state index >= 15 is 0 Å². The van der Waals surface area contributed by atoms with Gasteiger partial charge in [0.15, 0.2) is 5.16 Å². The summed E-state index contributed by atoms with van der Waals surface area (Å²) in [6, 6.07) is 17.7. The SMILES string of the molecule is O=c1cc(CSc2nc3ccsc3c(=O)n2Cc2ccccc2)c2ccc(O)cc2o1. The van der Waals surface area contributed by atoms with Crippen molar-refractivity contribution in [1.82, 2.24) is 9.55 Å². The highest BCUT2D eigenvalue weighted by atomic mass is 32.2. The van der Waals surface area contributed by atoms with Crippen molar-refractivity contribution in [3.05, 3.63) is 97.9 Å². The van der Waals surface area contributed by atoms with Gasteiger partial charge in [0.1, 0.15) is 16.0 Å². The highest BCUT2D eigenvalue weighted by molar-refractivity contribution is 7.98. The van der Waals surface area contributed by atoms with Gasteiger partial charge in [-0.1, -0.05) is 42.1 Å². The van der Waals surface area contributed by atoms with Gasteiger partial charge < -0.3 is 9.52 Å². The quantitative estimate of drug-likeness (QED) is 0.240. The number of rotatable bonds is 5. The molecule has 0 aliphatic carbocycles. The van der Waals surface area contributed by atoms with Crippen molar-refractivity contribution in [2.24, 2.45) is 0 Å². The van der Waals surface area contributed by atoms with E-state index in [-0.39, 0.29) is 11.3 Å². The van der Waals surface area contributed by atoms with Gasteiger partial charge >= 0.3 is 5.63 Å². The van der Waals surface area contributed by atoms with Crippen LogP contribution in [0.4, 0.5) is 0 Å². The second-order valence-electron chi connectivity index (χ2n) is 6.97. The van der Waals surface area contributed by atoms with Gasteiger partial charge in [-0.25, -0.2) is 9.78 Å². The maximum atomic E-state index is 13.2. The summed E-state index contributed by atoms with van der Waals surface area (Å²) in [7, 11) is 0. The van der Waals surface area contributed by atoms with Gasteiger partial charge in [-0.3, -0.25) is 9.36 Å². The Morgan fingerprint density at radius 1 is 1.06 bits per heavy atom. The van der Waals surface area contributed by atoms with E-state index in [1.807, 2.05) is 41.8 Å². The van der Waals surface area contributed by atoms with Gasteiger partial charge in [0.05, 0.1) is 12.1 Å². The van der Waals surface area contributed by atoms with Gasteiger partial charge in [0.25, 0.3) is 5.56 Å². The Balaban J connectivity index is 1.56. The molecule has 0 radical (unpaired) electrons. The van der Waals surface area contributed by atoms with Gasteiger partial charge in [-0.05, 0) is 34.7 Å². The zero-order valence-corrected chi connectivity index (χ0v) is 17.8. The fourth-order valence-electron chi connectivity index (χ4n) is 3.42. The Morgan fingerprint density at radius 2 is 1.90 bits per heavy atom. The van der Waals surface area contributed by atoms with Crippen molar-refractivity contribution in [2.75, 3.05) is 0 Å². The molecule has 0 spiro atoms. The summed E-state index contributed by atoms with van der Waals surface area (Å²) in [6.45, 7) is 0.411. The van der Waals surface area contributed by atoms with Gasteiger partial charge in [0, 0.05) is 23.3 Å². The third-order valence-electron chi connectivity index (χ3n) is 4.88. The minimum Gasteiger partial charge on any atom is -0.508 e. The molecule has 0 fully saturated rings. The molecule has 8 heteroatoms. The number of thiophene rings is 1. The van der Waals surface area contributed by atoms with Crippen molar-refractivity contribution in [1.29, 1.82) is 0 Å². The van der Waals surface area contributed by atoms with Crippen LogP contribution in [0.1, 0.15) is 11.1 Å². The minimum atomic E-state index is -0.489. The predicted molar refractivity (Wildman–Crippen MR) is 123 cm³/mol. The largest absolute Gasteiger partial charge is 0.508 e. The number of hydrogen-bond donors (Lipinski definition) is 1. The molecule has 5 rings (SSSR count). The molecule has 0 aliphatic rings. The predicted octanol–water partition coefficient (Wildman–Crippen LogP) is 4.61. The molecule has 0 bridgehead atoms. The monoisotopic (exact) mass is 448 g/mol. The second kappa shape index (κ2) is 8.05. The highest BCUT2D eigenvalue weighted by Gasteiger charge is 2.15. The number of phenols is 1. The molecule has 3 aromatic heterocycles.